The van der Waals surface area contributed by atoms with Crippen molar-refractivity contribution in [3.05, 3.63) is 60.2 Å². The number of benzene rings is 2. The van der Waals surface area contributed by atoms with E-state index in [1.165, 1.54) is 28.6 Å². The monoisotopic (exact) mass is 374 g/mol. The molecule has 0 bridgehead atoms. The van der Waals surface area contributed by atoms with Crippen LogP contribution in [0.25, 0.3) is 0 Å². The Morgan fingerprint density at radius 3 is 2.15 bits per heavy atom. The molecule has 0 aromatic heterocycles. The van der Waals surface area contributed by atoms with Gasteiger partial charge in [0.15, 0.2) is 0 Å². The lowest BCUT2D eigenvalue weighted by Crippen LogP contribution is -2.48. The highest BCUT2D eigenvalue weighted by atomic mass is 32.2. The van der Waals surface area contributed by atoms with E-state index in [2.05, 4.69) is 5.32 Å². The van der Waals surface area contributed by atoms with Crippen LogP contribution in [0.2, 0.25) is 0 Å². The number of morpholine rings is 1. The molecule has 26 heavy (non-hydrogen) atoms. The molecule has 0 radical (unpaired) electrons. The first-order chi connectivity index (χ1) is 12.4. The fraction of sp³-hybridized carbons (Fsp3) is 0.316. The molecule has 1 saturated heterocycles. The van der Waals surface area contributed by atoms with Crippen LogP contribution in [0.1, 0.15) is 24.2 Å². The summed E-state index contributed by atoms with van der Waals surface area (Å²) >= 11 is 0. The summed E-state index contributed by atoms with van der Waals surface area (Å²) in [6.45, 7) is 4.36. The summed E-state index contributed by atoms with van der Waals surface area (Å²) in [6.07, 6.45) is -0.297. The van der Waals surface area contributed by atoms with E-state index < -0.39 is 10.0 Å². The van der Waals surface area contributed by atoms with Crippen LogP contribution in [0.4, 0.5) is 5.69 Å². The number of carbonyl (C=O) groups is 1. The number of carbonyl (C=O) groups excluding carboxylic acids is 1. The lowest BCUT2D eigenvalue weighted by atomic mass is 10.2. The molecule has 0 aliphatic carbocycles. The Balaban J connectivity index is 1.75. The topological polar surface area (TPSA) is 75.7 Å². The number of para-hydroxylation sites is 1. The third-order valence-corrected chi connectivity index (χ3v) is 6.02. The molecule has 3 rings (SSSR count). The molecule has 6 nitrogen and oxygen atoms in total. The van der Waals surface area contributed by atoms with Crippen molar-refractivity contribution in [3.63, 3.8) is 0 Å². The maximum atomic E-state index is 12.8. The van der Waals surface area contributed by atoms with Gasteiger partial charge in [-0.05, 0) is 50.2 Å². The summed E-state index contributed by atoms with van der Waals surface area (Å²) in [5.41, 5.74) is 1.09. The van der Waals surface area contributed by atoms with Crippen molar-refractivity contribution < 1.29 is 17.9 Å². The van der Waals surface area contributed by atoms with Gasteiger partial charge in [0.1, 0.15) is 0 Å². The number of hydrogen-bond acceptors (Lipinski definition) is 4. The van der Waals surface area contributed by atoms with Crippen LogP contribution >= 0.6 is 0 Å². The van der Waals surface area contributed by atoms with Crippen molar-refractivity contribution in [2.45, 2.75) is 31.0 Å². The van der Waals surface area contributed by atoms with E-state index in [0.29, 0.717) is 24.3 Å². The molecule has 0 unspecified atom stereocenters. The maximum Gasteiger partial charge on any atom is 0.255 e. The lowest BCUT2D eigenvalue weighted by Gasteiger charge is -2.34. The Hall–Kier alpha value is -2.22. The molecule has 1 heterocycles. The average Bonchev–Trinajstić information content (AvgIpc) is 2.62. The van der Waals surface area contributed by atoms with E-state index in [9.17, 15) is 13.2 Å². The average molecular weight is 374 g/mol. The number of rotatable bonds is 4. The summed E-state index contributed by atoms with van der Waals surface area (Å²) in [5.74, 6) is -0.284. The maximum absolute atomic E-state index is 12.8. The van der Waals surface area contributed by atoms with Crippen molar-refractivity contribution in [3.8, 4) is 0 Å². The van der Waals surface area contributed by atoms with Crippen LogP contribution in [0.3, 0.4) is 0 Å². The van der Waals surface area contributed by atoms with Gasteiger partial charge in [-0.2, -0.15) is 4.31 Å². The predicted molar refractivity (Wildman–Crippen MR) is 99.6 cm³/mol. The van der Waals surface area contributed by atoms with Crippen molar-refractivity contribution >= 4 is 21.6 Å². The Morgan fingerprint density at radius 1 is 1.00 bits per heavy atom. The SMILES string of the molecule is C[C@H]1CN(S(=O)(=O)c2ccc(C(=O)Nc3ccccc3)cc2)C[C@H](C)O1. The molecule has 1 aliphatic rings. The van der Waals surface area contributed by atoms with Crippen LogP contribution < -0.4 is 5.32 Å². The van der Waals surface area contributed by atoms with E-state index in [-0.39, 0.29) is 23.0 Å². The van der Waals surface area contributed by atoms with Gasteiger partial charge >= 0.3 is 0 Å². The van der Waals surface area contributed by atoms with Gasteiger partial charge in [-0.1, -0.05) is 18.2 Å². The number of hydrogen-bond donors (Lipinski definition) is 1. The zero-order valence-corrected chi connectivity index (χ0v) is 15.6. The normalized spacial score (nSPS) is 21.3. The standard InChI is InChI=1S/C19H22N2O4S/c1-14-12-21(13-15(2)25-14)26(23,24)18-10-8-16(9-11-18)19(22)20-17-6-4-3-5-7-17/h3-11,14-15H,12-13H2,1-2H3,(H,20,22)/t14-,15-/m0/s1. The second-order valence-corrected chi connectivity index (χ2v) is 8.36. The van der Waals surface area contributed by atoms with Gasteiger partial charge in [0.25, 0.3) is 5.91 Å². The molecule has 1 N–H and O–H groups in total. The minimum Gasteiger partial charge on any atom is -0.373 e. The van der Waals surface area contributed by atoms with Gasteiger partial charge in [-0.15, -0.1) is 0 Å². The smallest absolute Gasteiger partial charge is 0.255 e. The second kappa shape index (κ2) is 7.57. The molecule has 2 aromatic carbocycles. The second-order valence-electron chi connectivity index (χ2n) is 6.42. The van der Waals surface area contributed by atoms with Crippen LogP contribution in [0, 0.1) is 0 Å². The molecule has 138 valence electrons. The van der Waals surface area contributed by atoms with Crippen molar-refractivity contribution in [1.82, 2.24) is 4.31 Å². The van der Waals surface area contributed by atoms with Crippen molar-refractivity contribution in [1.29, 1.82) is 0 Å². The molecule has 2 aromatic rings. The number of amides is 1. The molecule has 7 heteroatoms. The molecule has 2 atom stereocenters. The summed E-state index contributed by atoms with van der Waals surface area (Å²) in [6, 6.07) is 15.1. The quantitative estimate of drug-likeness (QED) is 0.893. The van der Waals surface area contributed by atoms with E-state index in [1.807, 2.05) is 32.0 Å². The zero-order chi connectivity index (χ0) is 18.7. The number of nitrogens with one attached hydrogen (secondary N) is 1. The molecular weight excluding hydrogens is 352 g/mol. The van der Waals surface area contributed by atoms with Gasteiger partial charge in [0.2, 0.25) is 10.0 Å². The third kappa shape index (κ3) is 4.12. The van der Waals surface area contributed by atoms with Gasteiger partial charge in [-0.3, -0.25) is 4.79 Å². The first kappa shape index (κ1) is 18.6. The summed E-state index contributed by atoms with van der Waals surface area (Å²) in [4.78, 5) is 12.5. The number of anilines is 1. The van der Waals surface area contributed by atoms with E-state index in [0.717, 1.165) is 0 Å². The molecule has 1 fully saturated rings. The molecular formula is C19H22N2O4S. The molecule has 1 aliphatic heterocycles. The summed E-state index contributed by atoms with van der Waals surface area (Å²) < 4.78 is 32.7. The number of nitrogens with zero attached hydrogens (tertiary/aromatic N) is 1. The first-order valence-corrected chi connectivity index (χ1v) is 9.92. The van der Waals surface area contributed by atoms with Crippen LogP contribution in [0.5, 0.6) is 0 Å². The summed E-state index contributed by atoms with van der Waals surface area (Å²) in [5, 5.41) is 2.78. The van der Waals surface area contributed by atoms with E-state index >= 15 is 0 Å². The van der Waals surface area contributed by atoms with Crippen LogP contribution in [-0.4, -0.2) is 43.9 Å². The van der Waals surface area contributed by atoms with Gasteiger partial charge in [-0.25, -0.2) is 8.42 Å². The highest BCUT2D eigenvalue weighted by Gasteiger charge is 2.32. The Kier molecular flexibility index (Phi) is 5.41. The van der Waals surface area contributed by atoms with Crippen LogP contribution in [-0.2, 0) is 14.8 Å². The molecule has 0 spiro atoms. The Morgan fingerprint density at radius 2 is 1.58 bits per heavy atom. The highest BCUT2D eigenvalue weighted by molar-refractivity contribution is 7.89. The Bertz CT molecular complexity index is 856. The molecule has 0 saturated carbocycles. The van der Waals surface area contributed by atoms with E-state index in [4.69, 9.17) is 4.74 Å². The number of ether oxygens (including phenoxy) is 1. The largest absolute Gasteiger partial charge is 0.373 e. The fourth-order valence-corrected chi connectivity index (χ4v) is 4.57. The van der Waals surface area contributed by atoms with Crippen LogP contribution in [0.15, 0.2) is 59.5 Å². The van der Waals surface area contributed by atoms with Crippen molar-refractivity contribution in [2.75, 3.05) is 18.4 Å². The lowest BCUT2D eigenvalue weighted by molar-refractivity contribution is -0.0440. The first-order valence-electron chi connectivity index (χ1n) is 8.48. The highest BCUT2D eigenvalue weighted by Crippen LogP contribution is 2.21. The summed E-state index contributed by atoms with van der Waals surface area (Å²) in [7, 11) is -3.61. The minimum atomic E-state index is -3.61. The van der Waals surface area contributed by atoms with Gasteiger partial charge < -0.3 is 10.1 Å². The van der Waals surface area contributed by atoms with Gasteiger partial charge in [0.05, 0.1) is 17.1 Å². The van der Waals surface area contributed by atoms with Gasteiger partial charge in [0, 0.05) is 24.3 Å². The third-order valence-electron chi connectivity index (χ3n) is 4.17. The predicted octanol–water partition coefficient (Wildman–Crippen LogP) is 2.74. The zero-order valence-electron chi connectivity index (χ0n) is 14.8. The Labute approximate surface area is 153 Å². The minimum absolute atomic E-state index is 0.149. The van der Waals surface area contributed by atoms with E-state index in [1.54, 1.807) is 12.1 Å². The molecule has 1 amide bonds. The van der Waals surface area contributed by atoms with Crippen molar-refractivity contribution in [2.24, 2.45) is 0 Å². The number of sulfonamides is 1. The fourth-order valence-electron chi connectivity index (χ4n) is 2.98.